The van der Waals surface area contributed by atoms with Crippen LogP contribution in [-0.2, 0) is 16.5 Å². The Balaban J connectivity index is 2.09. The van der Waals surface area contributed by atoms with Crippen molar-refractivity contribution in [1.29, 1.82) is 0 Å². The van der Waals surface area contributed by atoms with Gasteiger partial charge in [-0.15, -0.1) is 0 Å². The van der Waals surface area contributed by atoms with Crippen LogP contribution in [0, 0.1) is 0 Å². The summed E-state index contributed by atoms with van der Waals surface area (Å²) in [5.41, 5.74) is 3.88. The van der Waals surface area contributed by atoms with Crippen molar-refractivity contribution in [2.24, 2.45) is 0 Å². The lowest BCUT2D eigenvalue weighted by Gasteiger charge is -2.21. The van der Waals surface area contributed by atoms with Gasteiger partial charge in [-0.25, -0.2) is 0 Å². The van der Waals surface area contributed by atoms with Gasteiger partial charge in [0.05, 0.1) is 4.90 Å². The molecule has 0 unspecified atom stereocenters. The minimum Gasteiger partial charge on any atom is -0.355 e. The first-order chi connectivity index (χ1) is 8.54. The van der Waals surface area contributed by atoms with Crippen LogP contribution in [0.3, 0.4) is 0 Å². The number of nitrogens with one attached hydrogen (secondary N) is 1. The first-order valence-corrected chi connectivity index (χ1v) is 6.93. The standard InChI is InChI=1S/C13H11NO3S/c15-18(16,17)11-5-6-13-10(8-11)7-9-3-1-2-4-12(9)14-13/h1-6,8,14H,7H2,(H,15,16,17). The molecule has 2 aromatic carbocycles. The maximum absolute atomic E-state index is 11.1. The molecule has 0 radical (unpaired) electrons. The Kier molecular flexibility index (Phi) is 2.39. The van der Waals surface area contributed by atoms with E-state index in [0.29, 0.717) is 6.42 Å². The number of hydrogen-bond donors (Lipinski definition) is 2. The zero-order valence-corrected chi connectivity index (χ0v) is 10.2. The van der Waals surface area contributed by atoms with Crippen LogP contribution in [0.4, 0.5) is 11.4 Å². The Bertz CT molecular complexity index is 723. The SMILES string of the molecule is O=S(=O)(O)c1ccc2c(c1)Cc1ccccc1N2. The van der Waals surface area contributed by atoms with Crippen LogP contribution in [-0.4, -0.2) is 13.0 Å². The van der Waals surface area contributed by atoms with Crippen molar-refractivity contribution in [2.45, 2.75) is 11.3 Å². The topological polar surface area (TPSA) is 66.4 Å². The highest BCUT2D eigenvalue weighted by Gasteiger charge is 2.17. The average Bonchev–Trinajstić information content (AvgIpc) is 2.34. The smallest absolute Gasteiger partial charge is 0.294 e. The number of hydrogen-bond acceptors (Lipinski definition) is 3. The molecule has 0 saturated heterocycles. The summed E-state index contributed by atoms with van der Waals surface area (Å²) in [7, 11) is -4.14. The molecule has 0 fully saturated rings. The summed E-state index contributed by atoms with van der Waals surface area (Å²) in [6.07, 6.45) is 0.655. The molecule has 1 aliphatic heterocycles. The number of anilines is 2. The highest BCUT2D eigenvalue weighted by atomic mass is 32.2. The van der Waals surface area contributed by atoms with Gasteiger partial charge in [0.1, 0.15) is 0 Å². The minimum absolute atomic E-state index is 0.0672. The van der Waals surface area contributed by atoms with Gasteiger partial charge in [-0.1, -0.05) is 18.2 Å². The maximum atomic E-state index is 11.1. The minimum atomic E-state index is -4.14. The summed E-state index contributed by atoms with van der Waals surface area (Å²) in [5.74, 6) is 0. The van der Waals surface area contributed by atoms with E-state index in [1.165, 1.54) is 12.1 Å². The molecule has 0 spiro atoms. The molecule has 18 heavy (non-hydrogen) atoms. The molecule has 1 heterocycles. The van der Waals surface area contributed by atoms with E-state index in [1.807, 2.05) is 24.3 Å². The van der Waals surface area contributed by atoms with Gasteiger partial charge in [0.25, 0.3) is 10.1 Å². The van der Waals surface area contributed by atoms with E-state index in [0.717, 1.165) is 22.5 Å². The van der Waals surface area contributed by atoms with Gasteiger partial charge < -0.3 is 5.32 Å². The summed E-state index contributed by atoms with van der Waals surface area (Å²) in [4.78, 5) is -0.0672. The second kappa shape index (κ2) is 3.83. The summed E-state index contributed by atoms with van der Waals surface area (Å²) in [6.45, 7) is 0. The van der Waals surface area contributed by atoms with Crippen LogP contribution in [0.5, 0.6) is 0 Å². The molecule has 92 valence electrons. The highest BCUT2D eigenvalue weighted by molar-refractivity contribution is 7.85. The number of rotatable bonds is 1. The monoisotopic (exact) mass is 261 g/mol. The number of para-hydroxylation sites is 1. The Hall–Kier alpha value is -1.85. The summed E-state index contributed by atoms with van der Waals surface area (Å²) < 4.78 is 31.2. The van der Waals surface area contributed by atoms with Crippen LogP contribution < -0.4 is 5.32 Å². The summed E-state index contributed by atoms with van der Waals surface area (Å²) in [6, 6.07) is 12.4. The third kappa shape index (κ3) is 1.87. The van der Waals surface area contributed by atoms with Crippen molar-refractivity contribution in [3.05, 3.63) is 53.6 Å². The van der Waals surface area contributed by atoms with E-state index in [1.54, 1.807) is 6.07 Å². The van der Waals surface area contributed by atoms with Crippen molar-refractivity contribution in [3.63, 3.8) is 0 Å². The Morgan fingerprint density at radius 3 is 2.50 bits per heavy atom. The van der Waals surface area contributed by atoms with E-state index < -0.39 is 10.1 Å². The molecular formula is C13H11NO3S. The van der Waals surface area contributed by atoms with Gasteiger partial charge in [0.15, 0.2) is 0 Å². The highest BCUT2D eigenvalue weighted by Crippen LogP contribution is 2.33. The van der Waals surface area contributed by atoms with Gasteiger partial charge >= 0.3 is 0 Å². The lowest BCUT2D eigenvalue weighted by Crippen LogP contribution is -2.08. The van der Waals surface area contributed by atoms with Crippen LogP contribution >= 0.6 is 0 Å². The van der Waals surface area contributed by atoms with Gasteiger partial charge in [-0.05, 0) is 35.4 Å². The lowest BCUT2D eigenvalue weighted by atomic mass is 9.97. The van der Waals surface area contributed by atoms with Crippen LogP contribution in [0.15, 0.2) is 47.4 Å². The van der Waals surface area contributed by atoms with E-state index >= 15 is 0 Å². The molecule has 0 atom stereocenters. The predicted molar refractivity (Wildman–Crippen MR) is 68.8 cm³/mol. The lowest BCUT2D eigenvalue weighted by molar-refractivity contribution is 0.483. The Morgan fingerprint density at radius 1 is 1.00 bits per heavy atom. The van der Waals surface area contributed by atoms with E-state index in [2.05, 4.69) is 5.32 Å². The second-order valence-electron chi connectivity index (χ2n) is 4.25. The van der Waals surface area contributed by atoms with Crippen molar-refractivity contribution in [2.75, 3.05) is 5.32 Å². The zero-order chi connectivity index (χ0) is 12.8. The van der Waals surface area contributed by atoms with E-state index in [4.69, 9.17) is 4.55 Å². The van der Waals surface area contributed by atoms with Crippen LogP contribution in [0.1, 0.15) is 11.1 Å². The molecule has 0 aromatic heterocycles. The molecular weight excluding hydrogens is 250 g/mol. The van der Waals surface area contributed by atoms with Crippen LogP contribution in [0.25, 0.3) is 0 Å². The van der Waals surface area contributed by atoms with Crippen LogP contribution in [0.2, 0.25) is 0 Å². The van der Waals surface area contributed by atoms with Crippen molar-refractivity contribution in [3.8, 4) is 0 Å². The first-order valence-electron chi connectivity index (χ1n) is 5.49. The molecule has 2 aromatic rings. The average molecular weight is 261 g/mol. The largest absolute Gasteiger partial charge is 0.355 e. The van der Waals surface area contributed by atoms with Gasteiger partial charge in [0.2, 0.25) is 0 Å². The molecule has 1 aliphatic rings. The molecule has 5 heteroatoms. The zero-order valence-electron chi connectivity index (χ0n) is 9.42. The van der Waals surface area contributed by atoms with Crippen molar-refractivity contribution in [1.82, 2.24) is 0 Å². The van der Waals surface area contributed by atoms with E-state index in [9.17, 15) is 8.42 Å². The number of benzene rings is 2. The van der Waals surface area contributed by atoms with Crippen molar-refractivity contribution < 1.29 is 13.0 Å². The molecule has 0 saturated carbocycles. The van der Waals surface area contributed by atoms with Gasteiger partial charge in [-0.3, -0.25) is 4.55 Å². The van der Waals surface area contributed by atoms with Gasteiger partial charge in [0, 0.05) is 17.8 Å². The predicted octanol–water partition coefficient (Wildman–Crippen LogP) is 2.58. The quantitative estimate of drug-likeness (QED) is 0.661. The fourth-order valence-electron chi connectivity index (χ4n) is 2.15. The maximum Gasteiger partial charge on any atom is 0.294 e. The molecule has 0 bridgehead atoms. The Labute approximate surface area is 105 Å². The third-order valence-electron chi connectivity index (χ3n) is 3.04. The Morgan fingerprint density at radius 2 is 1.72 bits per heavy atom. The molecule has 0 amide bonds. The fraction of sp³-hybridized carbons (Fsp3) is 0.0769. The summed E-state index contributed by atoms with van der Waals surface area (Å²) in [5, 5.41) is 3.24. The second-order valence-corrected chi connectivity index (χ2v) is 5.67. The molecule has 4 nitrogen and oxygen atoms in total. The normalized spacial score (nSPS) is 13.4. The van der Waals surface area contributed by atoms with E-state index in [-0.39, 0.29) is 4.90 Å². The molecule has 2 N–H and O–H groups in total. The third-order valence-corrected chi connectivity index (χ3v) is 3.89. The van der Waals surface area contributed by atoms with Gasteiger partial charge in [-0.2, -0.15) is 8.42 Å². The first kappa shape index (κ1) is 11.3. The number of fused-ring (bicyclic) bond motifs is 2. The molecule has 0 aliphatic carbocycles. The fourth-order valence-corrected chi connectivity index (χ4v) is 2.68. The van der Waals surface area contributed by atoms with Crippen molar-refractivity contribution >= 4 is 21.5 Å². The molecule has 3 rings (SSSR count). The summed E-state index contributed by atoms with van der Waals surface area (Å²) >= 11 is 0.